The van der Waals surface area contributed by atoms with E-state index in [0.717, 1.165) is 69.3 Å². The number of ether oxygens (including phenoxy) is 2. The lowest BCUT2D eigenvalue weighted by Gasteiger charge is -2.25. The van der Waals surface area contributed by atoms with Crippen molar-refractivity contribution in [2.24, 2.45) is 0 Å². The molecule has 8 aromatic rings. The van der Waals surface area contributed by atoms with E-state index in [2.05, 4.69) is 50.5 Å². The smallest absolute Gasteiger partial charge is 0.406 e. The van der Waals surface area contributed by atoms with E-state index in [9.17, 15) is 79.4 Å². The number of aromatic nitrogens is 6. The summed E-state index contributed by atoms with van der Waals surface area (Å²) in [5.74, 6) is -2.39. The summed E-state index contributed by atoms with van der Waals surface area (Å²) in [6, 6.07) is 21.5. The van der Waals surface area contributed by atoms with Crippen LogP contribution in [0.5, 0.6) is 11.5 Å². The largest absolute Gasteiger partial charge is 0.573 e. The van der Waals surface area contributed by atoms with Crippen molar-refractivity contribution >= 4 is 60.2 Å². The van der Waals surface area contributed by atoms with Crippen molar-refractivity contribution in [1.29, 1.82) is 0 Å². The van der Waals surface area contributed by atoms with Crippen LogP contribution in [0.25, 0.3) is 0 Å². The van der Waals surface area contributed by atoms with Gasteiger partial charge in [0.1, 0.15) is 46.3 Å². The molecule has 5 N–H and O–H groups in total. The van der Waals surface area contributed by atoms with Crippen LogP contribution in [-0.4, -0.2) is 70.8 Å². The summed E-state index contributed by atoms with van der Waals surface area (Å²) >= 11 is 0. The van der Waals surface area contributed by atoms with E-state index in [4.69, 9.17) is 0 Å². The number of fused-ring (bicyclic) bond motifs is 4. The second-order valence-corrected chi connectivity index (χ2v) is 21.6. The number of alkyl halides is 12. The van der Waals surface area contributed by atoms with Crippen molar-refractivity contribution < 1.29 is 88.9 Å². The highest BCUT2D eigenvalue weighted by molar-refractivity contribution is 7.93. The zero-order valence-corrected chi connectivity index (χ0v) is 43.0. The standard InChI is InChI=1S/C25H19F6N5O4S.C25H17F6N5O4S/c2*1-13-10-19(35-34-13)22(37)14-2-8-18-20(11-14)36(12-15-3-9-21(24(26,27)28)33-23(15)32-18)41(38,39)17-6-4-16(5-7-17)40-25(29,30)31/h2-11,22,37H,12H2,1H3,(H,32,33)(H,34,35);2-11H,12H2,1H3,(H,32,33)(H,34,35). The first-order chi connectivity index (χ1) is 38.2. The van der Waals surface area contributed by atoms with Crippen molar-refractivity contribution in [1.82, 2.24) is 30.4 Å². The molecule has 82 heavy (non-hydrogen) atoms. The molecule has 4 aromatic carbocycles. The van der Waals surface area contributed by atoms with Gasteiger partial charge in [0, 0.05) is 28.1 Å². The average molecular weight is 1200 g/mol. The molecule has 32 heteroatoms. The summed E-state index contributed by atoms with van der Waals surface area (Å²) in [4.78, 5) is 19.5. The van der Waals surface area contributed by atoms with Gasteiger partial charge in [-0.25, -0.2) is 26.8 Å². The first-order valence-electron chi connectivity index (χ1n) is 23.2. The van der Waals surface area contributed by atoms with Gasteiger partial charge in [0.2, 0.25) is 5.78 Å². The van der Waals surface area contributed by atoms with Crippen molar-refractivity contribution in [3.63, 3.8) is 0 Å². The Kier molecular flexibility index (Phi) is 14.9. The molecule has 2 aliphatic heterocycles. The number of carbonyl (C=O) groups is 1. The number of halogens is 12. The minimum absolute atomic E-state index is 0.00549. The molecule has 10 rings (SSSR count). The molecule has 6 heterocycles. The van der Waals surface area contributed by atoms with Gasteiger partial charge in [0.15, 0.2) is 0 Å². The number of hydrogen-bond acceptors (Lipinski definition) is 14. The van der Waals surface area contributed by atoms with Gasteiger partial charge >= 0.3 is 25.1 Å². The lowest BCUT2D eigenvalue weighted by molar-refractivity contribution is -0.275. The van der Waals surface area contributed by atoms with Crippen molar-refractivity contribution in [2.45, 2.75) is 67.9 Å². The Balaban J connectivity index is 0.000000198. The van der Waals surface area contributed by atoms with Crippen LogP contribution in [0.4, 0.5) is 87.1 Å². The van der Waals surface area contributed by atoms with E-state index in [1.165, 1.54) is 42.5 Å². The minimum atomic E-state index is -5.00. The minimum Gasteiger partial charge on any atom is -0.406 e. The number of rotatable bonds is 10. The fraction of sp³-hybridized carbons (Fsp3) is 0.180. The second-order valence-electron chi connectivity index (χ2n) is 17.9. The highest BCUT2D eigenvalue weighted by Gasteiger charge is 2.39. The maximum absolute atomic E-state index is 13.8. The van der Waals surface area contributed by atoms with Gasteiger partial charge in [0.25, 0.3) is 20.0 Å². The fourth-order valence-corrected chi connectivity index (χ4v) is 11.2. The summed E-state index contributed by atoms with van der Waals surface area (Å²) < 4.78 is 220. The van der Waals surface area contributed by atoms with Crippen LogP contribution in [0.1, 0.15) is 67.3 Å². The molecule has 18 nitrogen and oxygen atoms in total. The number of benzene rings is 4. The first kappa shape index (κ1) is 57.8. The Morgan fingerprint density at radius 2 is 1.00 bits per heavy atom. The van der Waals surface area contributed by atoms with E-state index in [-0.39, 0.29) is 68.0 Å². The second kappa shape index (κ2) is 21.2. The molecule has 430 valence electrons. The number of ketones is 1. The number of anilines is 6. The van der Waals surface area contributed by atoms with E-state index >= 15 is 0 Å². The van der Waals surface area contributed by atoms with E-state index in [0.29, 0.717) is 23.5 Å². The zero-order chi connectivity index (χ0) is 59.5. The number of carbonyl (C=O) groups excluding carboxylic acids is 1. The number of aliphatic hydroxyl groups is 1. The molecule has 0 radical (unpaired) electrons. The van der Waals surface area contributed by atoms with Crippen LogP contribution < -0.4 is 28.7 Å². The predicted molar refractivity (Wildman–Crippen MR) is 265 cm³/mol. The van der Waals surface area contributed by atoms with Crippen molar-refractivity contribution in [3.05, 3.63) is 178 Å². The molecule has 4 aromatic heterocycles. The monoisotopic (exact) mass is 1200 g/mol. The number of aryl methyl sites for hydroxylation is 2. The van der Waals surface area contributed by atoms with Gasteiger partial charge in [-0.2, -0.15) is 36.5 Å². The molecular weight excluding hydrogens is 1160 g/mol. The molecule has 0 amide bonds. The van der Waals surface area contributed by atoms with E-state index in [1.54, 1.807) is 19.9 Å². The van der Waals surface area contributed by atoms with Gasteiger partial charge in [-0.05, 0) is 123 Å². The van der Waals surface area contributed by atoms with Gasteiger partial charge in [-0.15, -0.1) is 26.3 Å². The summed E-state index contributed by atoms with van der Waals surface area (Å²) in [5, 5.41) is 29.6. The number of H-pyrrole nitrogens is 2. The third kappa shape index (κ3) is 12.5. The Hall–Kier alpha value is -8.91. The Labute approximate surface area is 454 Å². The number of pyridine rings is 2. The molecule has 0 saturated heterocycles. The number of hydrogen-bond donors (Lipinski definition) is 5. The maximum atomic E-state index is 13.8. The van der Waals surface area contributed by atoms with Gasteiger partial charge < -0.3 is 25.2 Å². The Morgan fingerprint density at radius 1 is 0.561 bits per heavy atom. The molecule has 0 spiro atoms. The quantitative estimate of drug-likeness (QED) is 0.0633. The lowest BCUT2D eigenvalue weighted by Crippen LogP contribution is -2.30. The van der Waals surface area contributed by atoms with Gasteiger partial charge in [-0.1, -0.05) is 18.2 Å². The highest BCUT2D eigenvalue weighted by atomic mass is 32.2. The maximum Gasteiger partial charge on any atom is 0.573 e. The highest BCUT2D eigenvalue weighted by Crippen LogP contribution is 2.44. The summed E-state index contributed by atoms with van der Waals surface area (Å²) in [6.07, 6.45) is -20.8. The number of aromatic amines is 2. The summed E-state index contributed by atoms with van der Waals surface area (Å²) in [7, 11) is -9.11. The van der Waals surface area contributed by atoms with Crippen LogP contribution in [0.3, 0.4) is 0 Å². The molecule has 0 fully saturated rings. The van der Waals surface area contributed by atoms with E-state index in [1.807, 2.05) is 0 Å². The van der Waals surface area contributed by atoms with Gasteiger partial charge in [-0.3, -0.25) is 23.6 Å². The Bertz CT molecular complexity index is 3970. The normalized spacial score (nSPS) is 14.0. The third-order valence-electron chi connectivity index (χ3n) is 12.0. The third-order valence-corrected chi connectivity index (χ3v) is 15.6. The van der Waals surface area contributed by atoms with E-state index < -0.39 is 103 Å². The zero-order valence-electron chi connectivity index (χ0n) is 41.4. The van der Waals surface area contributed by atoms with Crippen LogP contribution >= 0.6 is 0 Å². The predicted octanol–water partition coefficient (Wildman–Crippen LogP) is 11.3. The Morgan fingerprint density at radius 3 is 1.41 bits per heavy atom. The first-order valence-corrected chi connectivity index (χ1v) is 26.1. The molecule has 1 atom stereocenters. The summed E-state index contributed by atoms with van der Waals surface area (Å²) in [6.45, 7) is 2.36. The van der Waals surface area contributed by atoms with Crippen LogP contribution in [-0.2, 0) is 45.5 Å². The molecular formula is C50H36F12N10O8S2. The molecule has 2 aliphatic rings. The van der Waals surface area contributed by atoms with Crippen molar-refractivity contribution in [2.75, 3.05) is 19.2 Å². The molecule has 1 unspecified atom stereocenters. The molecule has 0 saturated carbocycles. The molecule has 0 aliphatic carbocycles. The fourth-order valence-electron chi connectivity index (χ4n) is 8.26. The number of nitrogens with zero attached hydrogens (tertiary/aromatic N) is 6. The average Bonchev–Trinajstić information content (AvgIpc) is 4.18. The summed E-state index contributed by atoms with van der Waals surface area (Å²) in [5.41, 5.74) is -0.666. The number of nitrogens with one attached hydrogen (secondary N) is 4. The number of sulfonamides is 2. The number of aliphatic hydroxyl groups excluding tert-OH is 1. The van der Waals surface area contributed by atoms with Crippen LogP contribution in [0, 0.1) is 13.8 Å². The van der Waals surface area contributed by atoms with Crippen molar-refractivity contribution in [3.8, 4) is 11.5 Å². The van der Waals surface area contributed by atoms with Crippen LogP contribution in [0.2, 0.25) is 0 Å². The lowest BCUT2D eigenvalue weighted by atomic mass is 10.0. The topological polar surface area (TPSA) is 238 Å². The van der Waals surface area contributed by atoms with Gasteiger partial charge in [0.05, 0.1) is 51.3 Å². The SMILES string of the molecule is Cc1cc(C(=O)c2ccc3c(c2)N(S(=O)(=O)c2ccc(OC(F)(F)F)cc2)Cc2ccc(C(F)(F)F)nc2N3)n[nH]1.Cc1cc(C(O)c2ccc3c(c2)N(S(=O)(=O)c2ccc(OC(F)(F)F)cc2)Cc2ccc(C(F)(F)F)nc2N3)n[nH]1. The van der Waals surface area contributed by atoms with Crippen LogP contribution in [0.15, 0.2) is 131 Å². The molecule has 0 bridgehead atoms.